The van der Waals surface area contributed by atoms with Crippen LogP contribution >= 0.6 is 23.4 Å². The zero-order valence-corrected chi connectivity index (χ0v) is 16.5. The number of furan rings is 1. The van der Waals surface area contributed by atoms with Crippen molar-refractivity contribution in [2.45, 2.75) is 6.54 Å². The van der Waals surface area contributed by atoms with Crippen LogP contribution in [0.1, 0.15) is 16.9 Å². The lowest BCUT2D eigenvalue weighted by molar-refractivity contribution is -0.123. The second-order valence-electron chi connectivity index (χ2n) is 6.26. The van der Waals surface area contributed by atoms with Crippen molar-refractivity contribution in [3.63, 3.8) is 0 Å². The molecule has 0 bridgehead atoms. The topological polar surface area (TPSA) is 74.3 Å². The molecule has 0 radical (unpaired) electrons. The predicted molar refractivity (Wildman–Crippen MR) is 112 cm³/mol. The molecule has 1 fully saturated rings. The number of halogens is 1. The van der Waals surface area contributed by atoms with Gasteiger partial charge in [-0.25, -0.2) is 0 Å². The summed E-state index contributed by atoms with van der Waals surface area (Å²) in [5.74, 6) is 0.572. The molecule has 7 heteroatoms. The first-order valence-corrected chi connectivity index (χ1v) is 9.84. The number of hydrogen-bond acceptors (Lipinski definition) is 5. The van der Waals surface area contributed by atoms with E-state index in [1.54, 1.807) is 54.6 Å². The maximum Gasteiger partial charge on any atom is 0.293 e. The number of carbonyl (C=O) groups is 2. The second kappa shape index (κ2) is 8.00. The molecular formula is C22H13ClN2O3S. The molecule has 29 heavy (non-hydrogen) atoms. The van der Waals surface area contributed by atoms with Gasteiger partial charge in [-0.2, -0.15) is 5.26 Å². The molecule has 2 heterocycles. The van der Waals surface area contributed by atoms with Gasteiger partial charge < -0.3 is 4.42 Å². The molecule has 0 spiro atoms. The number of imide groups is 1. The molecule has 2 aromatic carbocycles. The molecule has 0 aliphatic carbocycles. The largest absolute Gasteiger partial charge is 0.457 e. The number of nitrogens with zero attached hydrogens (tertiary/aromatic N) is 2. The van der Waals surface area contributed by atoms with Gasteiger partial charge in [0.05, 0.1) is 23.1 Å². The summed E-state index contributed by atoms with van der Waals surface area (Å²) in [6.07, 6.45) is 1.54. The molecule has 0 unspecified atom stereocenters. The van der Waals surface area contributed by atoms with Crippen LogP contribution in [0.3, 0.4) is 0 Å². The predicted octanol–water partition coefficient (Wildman–Crippen LogP) is 5.71. The van der Waals surface area contributed by atoms with Crippen molar-refractivity contribution in [3.05, 3.63) is 87.5 Å². The Balaban J connectivity index is 1.57. The van der Waals surface area contributed by atoms with E-state index >= 15 is 0 Å². The van der Waals surface area contributed by atoms with Crippen LogP contribution < -0.4 is 0 Å². The van der Waals surface area contributed by atoms with E-state index in [4.69, 9.17) is 16.0 Å². The summed E-state index contributed by atoms with van der Waals surface area (Å²) < 4.78 is 5.79. The first-order valence-electron chi connectivity index (χ1n) is 8.64. The molecule has 0 N–H and O–H groups in total. The van der Waals surface area contributed by atoms with Crippen molar-refractivity contribution in [2.24, 2.45) is 0 Å². The summed E-state index contributed by atoms with van der Waals surface area (Å²) in [6.45, 7) is 0.154. The molecule has 1 aromatic heterocycles. The highest BCUT2D eigenvalue weighted by Crippen LogP contribution is 2.34. The zero-order valence-electron chi connectivity index (χ0n) is 15.0. The highest BCUT2D eigenvalue weighted by atomic mass is 35.5. The highest BCUT2D eigenvalue weighted by molar-refractivity contribution is 8.18. The van der Waals surface area contributed by atoms with Gasteiger partial charge in [0.2, 0.25) is 0 Å². The van der Waals surface area contributed by atoms with E-state index in [-0.39, 0.29) is 22.6 Å². The van der Waals surface area contributed by atoms with E-state index < -0.39 is 0 Å². The Morgan fingerprint density at radius 1 is 1.10 bits per heavy atom. The second-order valence-corrected chi connectivity index (χ2v) is 7.69. The van der Waals surface area contributed by atoms with Crippen molar-refractivity contribution in [2.75, 3.05) is 0 Å². The summed E-state index contributed by atoms with van der Waals surface area (Å²) in [5.41, 5.74) is 1.94. The van der Waals surface area contributed by atoms with Crippen LogP contribution in [-0.2, 0) is 11.3 Å². The SMILES string of the molecule is N#Cc1ccccc1-c1ccc(/C=C2\SC(=O)N(Cc3cccc(Cl)c3)C2=O)o1. The maximum atomic E-state index is 12.7. The Morgan fingerprint density at radius 3 is 2.72 bits per heavy atom. The number of hydrogen-bond donors (Lipinski definition) is 0. The quantitative estimate of drug-likeness (QED) is 0.505. The lowest BCUT2D eigenvalue weighted by Gasteiger charge is -2.12. The Hall–Kier alpha value is -3.27. The minimum absolute atomic E-state index is 0.154. The summed E-state index contributed by atoms with van der Waals surface area (Å²) in [6, 6.07) is 19.7. The van der Waals surface area contributed by atoms with Crippen LogP contribution in [0, 0.1) is 11.3 Å². The first-order chi connectivity index (χ1) is 14.0. The molecule has 0 atom stereocenters. The molecular weight excluding hydrogens is 408 g/mol. The zero-order chi connectivity index (χ0) is 20.4. The minimum Gasteiger partial charge on any atom is -0.457 e. The van der Waals surface area contributed by atoms with E-state index in [0.29, 0.717) is 27.7 Å². The molecule has 0 saturated carbocycles. The molecule has 3 aromatic rings. The Kier molecular flexibility index (Phi) is 5.26. The van der Waals surface area contributed by atoms with Gasteiger partial charge in [0.1, 0.15) is 11.5 Å². The first kappa shape index (κ1) is 19.1. The van der Waals surface area contributed by atoms with Crippen molar-refractivity contribution < 1.29 is 14.0 Å². The Bertz CT molecular complexity index is 1190. The van der Waals surface area contributed by atoms with E-state index in [1.807, 2.05) is 12.1 Å². The smallest absolute Gasteiger partial charge is 0.293 e. The van der Waals surface area contributed by atoms with Crippen LogP contribution in [0.5, 0.6) is 0 Å². The standard InChI is InChI=1S/C22H13ClN2O3S/c23-16-6-3-4-14(10-16)13-25-21(26)20(29-22(25)27)11-17-8-9-19(28-17)18-7-2-1-5-15(18)12-24/h1-11H,13H2/b20-11-. The fourth-order valence-corrected chi connectivity index (χ4v) is 3.99. The van der Waals surface area contributed by atoms with Gasteiger partial charge in [-0.15, -0.1) is 0 Å². The normalized spacial score (nSPS) is 15.2. The number of thioether (sulfide) groups is 1. The highest BCUT2D eigenvalue weighted by Gasteiger charge is 2.35. The maximum absolute atomic E-state index is 12.7. The van der Waals surface area contributed by atoms with Crippen LogP contribution in [0.15, 0.2) is 70.0 Å². The third-order valence-electron chi connectivity index (χ3n) is 4.32. The fourth-order valence-electron chi connectivity index (χ4n) is 2.95. The van der Waals surface area contributed by atoms with Gasteiger partial charge in [0, 0.05) is 16.7 Å². The Morgan fingerprint density at radius 2 is 1.93 bits per heavy atom. The van der Waals surface area contributed by atoms with Crippen LogP contribution in [-0.4, -0.2) is 16.0 Å². The number of benzene rings is 2. The van der Waals surface area contributed by atoms with E-state index in [1.165, 1.54) is 4.90 Å². The van der Waals surface area contributed by atoms with E-state index in [9.17, 15) is 14.9 Å². The van der Waals surface area contributed by atoms with Crippen LogP contribution in [0.4, 0.5) is 4.79 Å². The minimum atomic E-state index is -0.379. The monoisotopic (exact) mass is 420 g/mol. The van der Waals surface area contributed by atoms with Gasteiger partial charge in [-0.05, 0) is 53.7 Å². The van der Waals surface area contributed by atoms with Crippen molar-refractivity contribution in [3.8, 4) is 17.4 Å². The molecule has 1 aliphatic heterocycles. The third-order valence-corrected chi connectivity index (χ3v) is 5.46. The molecule has 1 aliphatic rings. The average Bonchev–Trinajstić information content (AvgIpc) is 3.28. The number of carbonyl (C=O) groups excluding carboxylic acids is 2. The Labute approximate surface area is 176 Å². The van der Waals surface area contributed by atoms with E-state index in [0.717, 1.165) is 17.3 Å². The van der Waals surface area contributed by atoms with Gasteiger partial charge in [-0.1, -0.05) is 35.9 Å². The number of amides is 2. The number of nitriles is 1. The number of rotatable bonds is 4. The lowest BCUT2D eigenvalue weighted by Crippen LogP contribution is -2.27. The fraction of sp³-hybridized carbons (Fsp3) is 0.0455. The van der Waals surface area contributed by atoms with Gasteiger partial charge in [0.25, 0.3) is 11.1 Å². The molecule has 5 nitrogen and oxygen atoms in total. The summed E-state index contributed by atoms with van der Waals surface area (Å²) in [7, 11) is 0. The molecule has 2 amide bonds. The van der Waals surface area contributed by atoms with Crippen LogP contribution in [0.25, 0.3) is 17.4 Å². The summed E-state index contributed by atoms with van der Waals surface area (Å²) in [5, 5.41) is 9.45. The van der Waals surface area contributed by atoms with Gasteiger partial charge in [-0.3, -0.25) is 14.5 Å². The summed E-state index contributed by atoms with van der Waals surface area (Å²) in [4.78, 5) is 26.5. The van der Waals surface area contributed by atoms with Crippen molar-refractivity contribution in [1.29, 1.82) is 5.26 Å². The van der Waals surface area contributed by atoms with E-state index in [2.05, 4.69) is 6.07 Å². The van der Waals surface area contributed by atoms with Crippen molar-refractivity contribution in [1.82, 2.24) is 4.90 Å². The molecule has 142 valence electrons. The third kappa shape index (κ3) is 3.97. The average molecular weight is 421 g/mol. The van der Waals surface area contributed by atoms with Crippen LogP contribution in [0.2, 0.25) is 5.02 Å². The lowest BCUT2D eigenvalue weighted by atomic mass is 10.1. The van der Waals surface area contributed by atoms with Gasteiger partial charge >= 0.3 is 0 Å². The molecule has 4 rings (SSSR count). The van der Waals surface area contributed by atoms with Crippen molar-refractivity contribution >= 4 is 40.6 Å². The molecule has 1 saturated heterocycles. The van der Waals surface area contributed by atoms with Gasteiger partial charge in [0.15, 0.2) is 0 Å². The summed E-state index contributed by atoms with van der Waals surface area (Å²) >= 11 is 6.84.